The van der Waals surface area contributed by atoms with Crippen molar-refractivity contribution >= 4 is 0 Å². The Morgan fingerprint density at radius 2 is 2.44 bits per heavy atom. The van der Waals surface area contributed by atoms with E-state index in [1.807, 2.05) is 0 Å². The summed E-state index contributed by atoms with van der Waals surface area (Å²) in [7, 11) is 0. The maximum atomic E-state index is 5.43. The van der Waals surface area contributed by atoms with Crippen molar-refractivity contribution < 1.29 is 4.74 Å². The van der Waals surface area contributed by atoms with E-state index in [1.54, 1.807) is 0 Å². The molecule has 0 saturated carbocycles. The summed E-state index contributed by atoms with van der Waals surface area (Å²) in [6, 6.07) is 0. The summed E-state index contributed by atoms with van der Waals surface area (Å²) >= 11 is 0. The topological polar surface area (TPSA) is 9.23 Å². The van der Waals surface area contributed by atoms with Crippen LogP contribution in [0.15, 0.2) is 12.2 Å². The van der Waals surface area contributed by atoms with Crippen LogP contribution in [0.2, 0.25) is 0 Å². The van der Waals surface area contributed by atoms with Gasteiger partial charge in [-0.2, -0.15) is 0 Å². The molecule has 1 unspecified atom stereocenters. The maximum absolute atomic E-state index is 5.43. The molecule has 1 heteroatoms. The van der Waals surface area contributed by atoms with Gasteiger partial charge in [-0.1, -0.05) is 25.5 Å². The Morgan fingerprint density at radius 1 is 1.56 bits per heavy atom. The first-order valence-corrected chi connectivity index (χ1v) is 3.70. The van der Waals surface area contributed by atoms with Crippen LogP contribution < -0.4 is 0 Å². The molecule has 1 rings (SSSR count). The third kappa shape index (κ3) is 2.19. The normalized spacial score (nSPS) is 26.6. The van der Waals surface area contributed by atoms with Crippen LogP contribution in [0, 0.1) is 0 Å². The Hall–Kier alpha value is -0.300. The average Bonchev–Trinajstić information content (AvgIpc) is 1.91. The van der Waals surface area contributed by atoms with Crippen molar-refractivity contribution in [1.82, 2.24) is 0 Å². The molecule has 0 aromatic carbocycles. The molecule has 0 amide bonds. The fraction of sp³-hybridized carbons (Fsp3) is 0.750. The Kier molecular flexibility index (Phi) is 2.78. The first-order chi connectivity index (χ1) is 4.43. The monoisotopic (exact) mass is 126 g/mol. The zero-order valence-electron chi connectivity index (χ0n) is 5.97. The Balaban J connectivity index is 2.18. The predicted molar refractivity (Wildman–Crippen MR) is 38.4 cm³/mol. The van der Waals surface area contributed by atoms with Gasteiger partial charge in [-0.3, -0.25) is 0 Å². The van der Waals surface area contributed by atoms with E-state index >= 15 is 0 Å². The number of hydrogen-bond donors (Lipinski definition) is 0. The summed E-state index contributed by atoms with van der Waals surface area (Å²) in [6.07, 6.45) is 8.38. The lowest BCUT2D eigenvalue weighted by Gasteiger charge is -2.17. The van der Waals surface area contributed by atoms with Crippen molar-refractivity contribution in [3.63, 3.8) is 0 Å². The highest BCUT2D eigenvalue weighted by Gasteiger charge is 2.07. The van der Waals surface area contributed by atoms with Crippen molar-refractivity contribution in [2.24, 2.45) is 0 Å². The van der Waals surface area contributed by atoms with E-state index in [1.165, 1.54) is 12.8 Å². The summed E-state index contributed by atoms with van der Waals surface area (Å²) in [5.41, 5.74) is 0. The highest BCUT2D eigenvalue weighted by molar-refractivity contribution is 4.88. The minimum absolute atomic E-state index is 0.514. The molecule has 0 bridgehead atoms. The summed E-state index contributed by atoms with van der Waals surface area (Å²) in [5, 5.41) is 0. The lowest BCUT2D eigenvalue weighted by atomic mass is 10.1. The van der Waals surface area contributed by atoms with Gasteiger partial charge in [0.15, 0.2) is 0 Å². The summed E-state index contributed by atoms with van der Waals surface area (Å²) < 4.78 is 5.43. The van der Waals surface area contributed by atoms with Crippen molar-refractivity contribution in [1.29, 1.82) is 0 Å². The predicted octanol–water partition coefficient (Wildman–Crippen LogP) is 2.13. The fourth-order valence-corrected chi connectivity index (χ4v) is 1.10. The third-order valence-electron chi connectivity index (χ3n) is 1.60. The molecule has 1 nitrogen and oxygen atoms in total. The van der Waals surface area contributed by atoms with E-state index in [2.05, 4.69) is 19.1 Å². The van der Waals surface area contributed by atoms with Gasteiger partial charge in [-0.05, 0) is 12.8 Å². The quantitative estimate of drug-likeness (QED) is 0.515. The van der Waals surface area contributed by atoms with Crippen LogP contribution in [0.5, 0.6) is 0 Å². The van der Waals surface area contributed by atoms with Crippen LogP contribution in [-0.4, -0.2) is 12.7 Å². The molecule has 1 aliphatic heterocycles. The summed E-state index contributed by atoms with van der Waals surface area (Å²) in [4.78, 5) is 0. The Bertz CT molecular complexity index is 96.7. The van der Waals surface area contributed by atoms with Gasteiger partial charge in [-0.25, -0.2) is 0 Å². The largest absolute Gasteiger partial charge is 0.374 e. The number of rotatable bonds is 2. The van der Waals surface area contributed by atoms with E-state index < -0.39 is 0 Å². The van der Waals surface area contributed by atoms with E-state index in [0.717, 1.165) is 13.0 Å². The minimum atomic E-state index is 0.514. The lowest BCUT2D eigenvalue weighted by molar-refractivity contribution is 0.0613. The number of ether oxygens (including phenoxy) is 1. The van der Waals surface area contributed by atoms with Crippen molar-refractivity contribution in [2.45, 2.75) is 32.3 Å². The highest BCUT2D eigenvalue weighted by Crippen LogP contribution is 2.10. The molecular weight excluding hydrogens is 112 g/mol. The standard InChI is InChI=1S/C8H14O/c1-2-5-8-6-3-4-7-9-8/h3-4,8H,2,5-7H2,1H3. The second kappa shape index (κ2) is 3.67. The van der Waals surface area contributed by atoms with Gasteiger partial charge in [0.05, 0.1) is 12.7 Å². The Labute approximate surface area is 56.7 Å². The zero-order valence-corrected chi connectivity index (χ0v) is 5.97. The molecule has 0 aromatic rings. The number of hydrogen-bond acceptors (Lipinski definition) is 1. The fourth-order valence-electron chi connectivity index (χ4n) is 1.10. The van der Waals surface area contributed by atoms with Gasteiger partial charge in [0, 0.05) is 0 Å². The molecule has 0 fully saturated rings. The molecule has 0 aliphatic carbocycles. The van der Waals surface area contributed by atoms with Gasteiger partial charge < -0.3 is 4.74 Å². The molecule has 0 spiro atoms. The molecule has 0 radical (unpaired) electrons. The van der Waals surface area contributed by atoms with Crippen molar-refractivity contribution in [2.75, 3.05) is 6.61 Å². The SMILES string of the molecule is CCCC1CC=CCO1. The molecule has 9 heavy (non-hydrogen) atoms. The molecule has 52 valence electrons. The highest BCUT2D eigenvalue weighted by atomic mass is 16.5. The van der Waals surface area contributed by atoms with E-state index in [4.69, 9.17) is 4.74 Å². The second-order valence-electron chi connectivity index (χ2n) is 2.45. The van der Waals surface area contributed by atoms with Crippen molar-refractivity contribution in [3.8, 4) is 0 Å². The molecular formula is C8H14O. The minimum Gasteiger partial charge on any atom is -0.374 e. The van der Waals surface area contributed by atoms with Gasteiger partial charge >= 0.3 is 0 Å². The van der Waals surface area contributed by atoms with Gasteiger partial charge in [0.25, 0.3) is 0 Å². The van der Waals surface area contributed by atoms with Gasteiger partial charge in [-0.15, -0.1) is 0 Å². The van der Waals surface area contributed by atoms with Crippen LogP contribution in [0.25, 0.3) is 0 Å². The molecule has 1 aliphatic rings. The summed E-state index contributed by atoms with van der Waals surface area (Å²) in [6.45, 7) is 3.02. The van der Waals surface area contributed by atoms with Crippen LogP contribution >= 0.6 is 0 Å². The second-order valence-corrected chi connectivity index (χ2v) is 2.45. The van der Waals surface area contributed by atoms with Crippen LogP contribution in [0.3, 0.4) is 0 Å². The first kappa shape index (κ1) is 6.81. The smallest absolute Gasteiger partial charge is 0.0651 e. The van der Waals surface area contributed by atoms with Crippen LogP contribution in [0.1, 0.15) is 26.2 Å². The Morgan fingerprint density at radius 3 is 3.00 bits per heavy atom. The average molecular weight is 126 g/mol. The van der Waals surface area contributed by atoms with Crippen molar-refractivity contribution in [3.05, 3.63) is 12.2 Å². The molecule has 1 heterocycles. The van der Waals surface area contributed by atoms with Gasteiger partial charge in [0.1, 0.15) is 0 Å². The maximum Gasteiger partial charge on any atom is 0.0651 e. The van der Waals surface area contributed by atoms with E-state index in [-0.39, 0.29) is 0 Å². The van der Waals surface area contributed by atoms with Crippen LogP contribution in [0.4, 0.5) is 0 Å². The molecule has 0 N–H and O–H groups in total. The van der Waals surface area contributed by atoms with Gasteiger partial charge in [0.2, 0.25) is 0 Å². The van der Waals surface area contributed by atoms with E-state index in [0.29, 0.717) is 6.10 Å². The van der Waals surface area contributed by atoms with Crippen LogP contribution in [-0.2, 0) is 4.74 Å². The molecule has 1 atom stereocenters. The zero-order chi connectivity index (χ0) is 6.53. The van der Waals surface area contributed by atoms with E-state index in [9.17, 15) is 0 Å². The first-order valence-electron chi connectivity index (χ1n) is 3.70. The molecule has 0 saturated heterocycles. The third-order valence-corrected chi connectivity index (χ3v) is 1.60. The molecule has 0 aromatic heterocycles. The summed E-state index contributed by atoms with van der Waals surface area (Å²) in [5.74, 6) is 0. The lowest BCUT2D eigenvalue weighted by Crippen LogP contribution is -2.14.